The molecule has 1 aromatic carbocycles. The van der Waals surface area contributed by atoms with Gasteiger partial charge in [-0.1, -0.05) is 25.8 Å². The van der Waals surface area contributed by atoms with E-state index in [9.17, 15) is 4.79 Å². The molecular formula is C17H25NO3. The van der Waals surface area contributed by atoms with E-state index in [2.05, 4.69) is 12.2 Å². The average Bonchev–Trinajstić information content (AvgIpc) is 2.50. The van der Waals surface area contributed by atoms with E-state index < -0.39 is 5.54 Å². The number of carbonyl (C=O) groups is 1. The molecule has 1 N–H and O–H groups in total. The predicted octanol–water partition coefficient (Wildman–Crippen LogP) is 3.62. The van der Waals surface area contributed by atoms with Crippen LogP contribution in [0, 0.1) is 5.92 Å². The highest BCUT2D eigenvalue weighted by atomic mass is 16.5. The van der Waals surface area contributed by atoms with Crippen LogP contribution in [0.5, 0.6) is 5.75 Å². The Labute approximate surface area is 126 Å². The second-order valence-electron chi connectivity index (χ2n) is 5.70. The van der Waals surface area contributed by atoms with Gasteiger partial charge in [-0.05, 0) is 37.8 Å². The third-order valence-electron chi connectivity index (χ3n) is 4.38. The van der Waals surface area contributed by atoms with Crippen LogP contribution in [0.2, 0.25) is 0 Å². The lowest BCUT2D eigenvalue weighted by molar-refractivity contribution is -0.151. The summed E-state index contributed by atoms with van der Waals surface area (Å²) in [6.07, 6.45) is 4.06. The van der Waals surface area contributed by atoms with Crippen molar-refractivity contribution in [3.05, 3.63) is 24.3 Å². The normalized spacial score (nSPS) is 25.2. The second-order valence-corrected chi connectivity index (χ2v) is 5.70. The van der Waals surface area contributed by atoms with Gasteiger partial charge in [0, 0.05) is 11.8 Å². The van der Waals surface area contributed by atoms with E-state index >= 15 is 0 Å². The molecule has 0 bridgehead atoms. The number of methoxy groups -OCH3 is 1. The number of anilines is 1. The van der Waals surface area contributed by atoms with Crippen molar-refractivity contribution >= 4 is 11.7 Å². The van der Waals surface area contributed by atoms with Gasteiger partial charge in [0.2, 0.25) is 0 Å². The first-order chi connectivity index (χ1) is 10.1. The fraction of sp³-hybridized carbons (Fsp3) is 0.588. The van der Waals surface area contributed by atoms with Gasteiger partial charge in [-0.3, -0.25) is 0 Å². The summed E-state index contributed by atoms with van der Waals surface area (Å²) in [5.74, 6) is 0.888. The van der Waals surface area contributed by atoms with Crippen molar-refractivity contribution in [1.29, 1.82) is 0 Å². The summed E-state index contributed by atoms with van der Waals surface area (Å²) in [4.78, 5) is 12.6. The number of hydrogen-bond acceptors (Lipinski definition) is 4. The molecule has 0 amide bonds. The van der Waals surface area contributed by atoms with E-state index in [1.807, 2.05) is 31.2 Å². The molecule has 0 spiro atoms. The van der Waals surface area contributed by atoms with E-state index in [0.29, 0.717) is 6.61 Å². The molecular weight excluding hydrogens is 266 g/mol. The van der Waals surface area contributed by atoms with Crippen LogP contribution in [0.15, 0.2) is 24.3 Å². The number of carbonyl (C=O) groups excluding carboxylic acids is 1. The van der Waals surface area contributed by atoms with Crippen LogP contribution >= 0.6 is 0 Å². The van der Waals surface area contributed by atoms with Crippen LogP contribution < -0.4 is 10.1 Å². The Bertz CT molecular complexity index is 489. The highest BCUT2D eigenvalue weighted by Crippen LogP contribution is 2.38. The molecule has 0 saturated heterocycles. The van der Waals surface area contributed by atoms with Crippen molar-refractivity contribution in [3.8, 4) is 5.75 Å². The number of hydrogen-bond donors (Lipinski definition) is 1. The Morgan fingerprint density at radius 2 is 2.24 bits per heavy atom. The van der Waals surface area contributed by atoms with Gasteiger partial charge in [0.1, 0.15) is 11.3 Å². The zero-order chi connectivity index (χ0) is 15.3. The highest BCUT2D eigenvalue weighted by Gasteiger charge is 2.46. The lowest BCUT2D eigenvalue weighted by Gasteiger charge is -2.41. The first kappa shape index (κ1) is 15.7. The van der Waals surface area contributed by atoms with Crippen molar-refractivity contribution in [2.45, 2.75) is 45.1 Å². The molecule has 0 aromatic heterocycles. The molecule has 2 rings (SSSR count). The van der Waals surface area contributed by atoms with Gasteiger partial charge in [0.25, 0.3) is 0 Å². The molecule has 1 fully saturated rings. The summed E-state index contributed by atoms with van der Waals surface area (Å²) in [5.41, 5.74) is 0.275. The summed E-state index contributed by atoms with van der Waals surface area (Å²) >= 11 is 0. The summed E-state index contributed by atoms with van der Waals surface area (Å²) in [5, 5.41) is 3.45. The Hall–Kier alpha value is -1.71. The first-order valence-electron chi connectivity index (χ1n) is 7.72. The van der Waals surface area contributed by atoms with Crippen LogP contribution in [0.4, 0.5) is 5.69 Å². The lowest BCUT2D eigenvalue weighted by atomic mass is 9.73. The number of esters is 1. The molecule has 2 atom stereocenters. The quantitative estimate of drug-likeness (QED) is 0.842. The highest BCUT2D eigenvalue weighted by molar-refractivity contribution is 5.85. The Balaban J connectivity index is 2.28. The zero-order valence-corrected chi connectivity index (χ0v) is 13.1. The number of ether oxygens (including phenoxy) is 2. The van der Waals surface area contributed by atoms with Crippen molar-refractivity contribution < 1.29 is 14.3 Å². The summed E-state index contributed by atoms with van der Waals surface area (Å²) in [6.45, 7) is 4.39. The van der Waals surface area contributed by atoms with Crippen LogP contribution in [-0.2, 0) is 9.53 Å². The van der Waals surface area contributed by atoms with Crippen molar-refractivity contribution in [3.63, 3.8) is 0 Å². The molecule has 21 heavy (non-hydrogen) atoms. The van der Waals surface area contributed by atoms with Gasteiger partial charge >= 0.3 is 5.97 Å². The third-order valence-corrected chi connectivity index (χ3v) is 4.38. The van der Waals surface area contributed by atoms with Gasteiger partial charge in [-0.2, -0.15) is 0 Å². The maximum atomic E-state index is 12.6. The molecule has 4 heteroatoms. The monoisotopic (exact) mass is 291 g/mol. The molecule has 1 aromatic rings. The van der Waals surface area contributed by atoms with Crippen LogP contribution in [0.25, 0.3) is 0 Å². The van der Waals surface area contributed by atoms with Crippen LogP contribution in [-0.4, -0.2) is 25.2 Å². The molecule has 116 valence electrons. The topological polar surface area (TPSA) is 47.6 Å². The summed E-state index contributed by atoms with van der Waals surface area (Å²) in [7, 11) is 1.64. The van der Waals surface area contributed by atoms with Crippen LogP contribution in [0.3, 0.4) is 0 Å². The fourth-order valence-corrected chi connectivity index (χ4v) is 3.11. The smallest absolute Gasteiger partial charge is 0.332 e. The largest absolute Gasteiger partial charge is 0.497 e. The maximum Gasteiger partial charge on any atom is 0.332 e. The number of nitrogens with one attached hydrogen (secondary N) is 1. The van der Waals surface area contributed by atoms with E-state index in [1.54, 1.807) is 7.11 Å². The van der Waals surface area contributed by atoms with E-state index in [1.165, 1.54) is 6.42 Å². The summed E-state index contributed by atoms with van der Waals surface area (Å²) in [6, 6.07) is 7.70. The average molecular weight is 291 g/mol. The Morgan fingerprint density at radius 1 is 1.43 bits per heavy atom. The molecule has 1 saturated carbocycles. The minimum Gasteiger partial charge on any atom is -0.497 e. The lowest BCUT2D eigenvalue weighted by Crippen LogP contribution is -2.54. The second kappa shape index (κ2) is 6.83. The first-order valence-corrected chi connectivity index (χ1v) is 7.72. The third kappa shape index (κ3) is 3.31. The van der Waals surface area contributed by atoms with E-state index in [0.717, 1.165) is 30.7 Å². The van der Waals surface area contributed by atoms with Crippen molar-refractivity contribution in [2.24, 2.45) is 5.92 Å². The SMILES string of the molecule is CCOC(=O)C1(Nc2cccc(OC)c2)CCCCC1C. The molecule has 0 aliphatic heterocycles. The van der Waals surface area contributed by atoms with Crippen molar-refractivity contribution in [1.82, 2.24) is 0 Å². The van der Waals surface area contributed by atoms with Gasteiger partial charge in [-0.25, -0.2) is 4.79 Å². The molecule has 0 heterocycles. The predicted molar refractivity (Wildman–Crippen MR) is 83.6 cm³/mol. The maximum absolute atomic E-state index is 12.6. The van der Waals surface area contributed by atoms with Gasteiger partial charge in [0.15, 0.2) is 0 Å². The molecule has 0 radical (unpaired) electrons. The zero-order valence-electron chi connectivity index (χ0n) is 13.1. The summed E-state index contributed by atoms with van der Waals surface area (Å²) < 4.78 is 10.6. The molecule has 1 aliphatic rings. The minimum absolute atomic E-state index is 0.139. The Kier molecular flexibility index (Phi) is 5.10. The minimum atomic E-state index is -0.624. The molecule has 1 aliphatic carbocycles. The Morgan fingerprint density at radius 3 is 2.90 bits per heavy atom. The van der Waals surface area contributed by atoms with E-state index in [4.69, 9.17) is 9.47 Å². The number of benzene rings is 1. The fourth-order valence-electron chi connectivity index (χ4n) is 3.11. The number of rotatable bonds is 5. The molecule has 2 unspecified atom stereocenters. The van der Waals surface area contributed by atoms with E-state index in [-0.39, 0.29) is 11.9 Å². The van der Waals surface area contributed by atoms with Gasteiger partial charge < -0.3 is 14.8 Å². The van der Waals surface area contributed by atoms with Gasteiger partial charge in [-0.15, -0.1) is 0 Å². The standard InChI is InChI=1S/C17H25NO3/c1-4-21-16(19)17(11-6-5-8-13(17)2)18-14-9-7-10-15(12-14)20-3/h7,9-10,12-13,18H,4-6,8,11H2,1-3H3. The van der Waals surface area contributed by atoms with Gasteiger partial charge in [0.05, 0.1) is 13.7 Å². The van der Waals surface area contributed by atoms with Crippen molar-refractivity contribution in [2.75, 3.05) is 19.0 Å². The molecule has 4 nitrogen and oxygen atoms in total. The van der Waals surface area contributed by atoms with Crippen LogP contribution in [0.1, 0.15) is 39.5 Å².